The van der Waals surface area contributed by atoms with Crippen molar-refractivity contribution in [2.75, 3.05) is 26.2 Å². The van der Waals surface area contributed by atoms with Crippen molar-refractivity contribution < 1.29 is 9.90 Å². The average Bonchev–Trinajstić information content (AvgIpc) is 3.06. The number of carbonyl (C=O) groups excluding carboxylic acids is 1. The van der Waals surface area contributed by atoms with E-state index in [0.29, 0.717) is 19.5 Å². The van der Waals surface area contributed by atoms with Crippen molar-refractivity contribution in [2.24, 2.45) is 0 Å². The smallest absolute Gasteiger partial charge is 0.237 e. The van der Waals surface area contributed by atoms with Crippen LogP contribution in [0.1, 0.15) is 26.2 Å². The summed E-state index contributed by atoms with van der Waals surface area (Å²) in [5, 5.41) is 15.3. The molecule has 1 amide bonds. The fourth-order valence-electron chi connectivity index (χ4n) is 2.40. The molecule has 5 heteroatoms. The van der Waals surface area contributed by atoms with Crippen LogP contribution in [-0.2, 0) is 4.79 Å². The van der Waals surface area contributed by atoms with Gasteiger partial charge in [-0.3, -0.25) is 9.69 Å². The first-order valence-corrected chi connectivity index (χ1v) is 6.64. The third kappa shape index (κ3) is 3.66. The van der Waals surface area contributed by atoms with Gasteiger partial charge in [0.15, 0.2) is 0 Å². The minimum atomic E-state index is -0.371. The van der Waals surface area contributed by atoms with Gasteiger partial charge in [0, 0.05) is 25.7 Å². The molecule has 1 heterocycles. The Bertz CT molecular complexity index is 268. The fourth-order valence-corrected chi connectivity index (χ4v) is 2.40. The number of rotatable bonds is 6. The number of β-amino-alcohol motifs (C(OH)–C–C–N with tert-alkyl or cyclic N) is 1. The van der Waals surface area contributed by atoms with E-state index >= 15 is 0 Å². The van der Waals surface area contributed by atoms with E-state index in [1.54, 1.807) is 0 Å². The molecule has 3 N–H and O–H groups in total. The van der Waals surface area contributed by atoms with Crippen molar-refractivity contribution in [2.45, 2.75) is 44.4 Å². The molecule has 2 fully saturated rings. The van der Waals surface area contributed by atoms with Crippen LogP contribution in [0.5, 0.6) is 0 Å². The number of nitrogens with one attached hydrogen (secondary N) is 2. The van der Waals surface area contributed by atoms with Crippen LogP contribution >= 0.6 is 0 Å². The highest BCUT2D eigenvalue weighted by molar-refractivity contribution is 5.82. The topological polar surface area (TPSA) is 64.6 Å². The van der Waals surface area contributed by atoms with Crippen LogP contribution in [0.2, 0.25) is 0 Å². The molecule has 2 atom stereocenters. The van der Waals surface area contributed by atoms with Crippen LogP contribution in [0.3, 0.4) is 0 Å². The highest BCUT2D eigenvalue weighted by Crippen LogP contribution is 2.25. The Labute approximate surface area is 103 Å². The Balaban J connectivity index is 1.62. The highest BCUT2D eigenvalue weighted by atomic mass is 16.3. The Morgan fingerprint density at radius 1 is 1.53 bits per heavy atom. The Hall–Kier alpha value is -0.650. The first-order valence-electron chi connectivity index (χ1n) is 6.64. The number of likely N-dealkylation sites (N-methyl/N-ethyl adjacent to an activating group) is 1. The number of hydrogen-bond donors (Lipinski definition) is 3. The molecule has 1 aliphatic carbocycles. The van der Waals surface area contributed by atoms with E-state index in [2.05, 4.69) is 22.5 Å². The molecule has 0 bridgehead atoms. The lowest BCUT2D eigenvalue weighted by Crippen LogP contribution is -2.43. The molecule has 0 radical (unpaired) electrons. The second kappa shape index (κ2) is 5.80. The van der Waals surface area contributed by atoms with Crippen molar-refractivity contribution in [3.63, 3.8) is 0 Å². The Kier molecular flexibility index (Phi) is 4.36. The first-order chi connectivity index (χ1) is 8.20. The summed E-state index contributed by atoms with van der Waals surface area (Å²) >= 11 is 0. The molecule has 1 aliphatic heterocycles. The second-order valence-corrected chi connectivity index (χ2v) is 5.00. The molecular weight excluding hydrogens is 218 g/mol. The molecular formula is C12H23N3O2. The molecule has 1 saturated carbocycles. The third-order valence-corrected chi connectivity index (χ3v) is 3.59. The van der Waals surface area contributed by atoms with Crippen LogP contribution in [0, 0.1) is 0 Å². The Morgan fingerprint density at radius 3 is 2.82 bits per heavy atom. The van der Waals surface area contributed by atoms with Gasteiger partial charge in [-0.25, -0.2) is 0 Å². The molecule has 0 aromatic rings. The molecule has 2 aliphatic rings. The fraction of sp³-hybridized carbons (Fsp3) is 0.917. The summed E-state index contributed by atoms with van der Waals surface area (Å²) in [7, 11) is 0. The van der Waals surface area contributed by atoms with Gasteiger partial charge in [0.05, 0.1) is 12.1 Å². The predicted molar refractivity (Wildman–Crippen MR) is 65.7 cm³/mol. The van der Waals surface area contributed by atoms with Gasteiger partial charge in [-0.15, -0.1) is 0 Å². The van der Waals surface area contributed by atoms with Crippen molar-refractivity contribution in [3.8, 4) is 0 Å². The number of hydrogen-bond acceptors (Lipinski definition) is 4. The SMILES string of the molecule is CCN(CCNC(=O)C1CC(O)CN1)C1CC1. The van der Waals surface area contributed by atoms with Gasteiger partial charge >= 0.3 is 0 Å². The Morgan fingerprint density at radius 2 is 2.29 bits per heavy atom. The zero-order valence-corrected chi connectivity index (χ0v) is 10.5. The summed E-state index contributed by atoms with van der Waals surface area (Å²) in [5.74, 6) is 0.0217. The monoisotopic (exact) mass is 241 g/mol. The number of nitrogens with zero attached hydrogens (tertiary/aromatic N) is 1. The van der Waals surface area contributed by atoms with E-state index in [1.807, 2.05) is 0 Å². The molecule has 0 aromatic carbocycles. The summed E-state index contributed by atoms with van der Waals surface area (Å²) in [4.78, 5) is 14.2. The molecule has 2 rings (SSSR count). The van der Waals surface area contributed by atoms with Gasteiger partial charge in [-0.1, -0.05) is 6.92 Å². The van der Waals surface area contributed by atoms with E-state index in [1.165, 1.54) is 12.8 Å². The van der Waals surface area contributed by atoms with Crippen LogP contribution in [0.15, 0.2) is 0 Å². The summed E-state index contributed by atoms with van der Waals surface area (Å²) in [6, 6.07) is 0.546. The minimum absolute atomic E-state index is 0.0217. The quantitative estimate of drug-likeness (QED) is 0.576. The minimum Gasteiger partial charge on any atom is -0.392 e. The van der Waals surface area contributed by atoms with Crippen LogP contribution < -0.4 is 10.6 Å². The van der Waals surface area contributed by atoms with Gasteiger partial charge in [-0.2, -0.15) is 0 Å². The summed E-state index contributed by atoms with van der Waals surface area (Å²) < 4.78 is 0. The number of aliphatic hydroxyl groups excluding tert-OH is 1. The van der Waals surface area contributed by atoms with E-state index in [-0.39, 0.29) is 18.1 Å². The molecule has 17 heavy (non-hydrogen) atoms. The highest BCUT2D eigenvalue weighted by Gasteiger charge is 2.29. The van der Waals surface area contributed by atoms with E-state index in [4.69, 9.17) is 0 Å². The molecule has 5 nitrogen and oxygen atoms in total. The molecule has 0 spiro atoms. The first kappa shape index (κ1) is 12.8. The van der Waals surface area contributed by atoms with Crippen molar-refractivity contribution >= 4 is 5.91 Å². The maximum atomic E-state index is 11.7. The predicted octanol–water partition coefficient (Wildman–Crippen LogP) is -0.690. The molecule has 1 saturated heterocycles. The zero-order chi connectivity index (χ0) is 12.3. The van der Waals surface area contributed by atoms with Crippen molar-refractivity contribution in [1.82, 2.24) is 15.5 Å². The van der Waals surface area contributed by atoms with Gasteiger partial charge < -0.3 is 15.7 Å². The van der Waals surface area contributed by atoms with Crippen LogP contribution in [0.25, 0.3) is 0 Å². The summed E-state index contributed by atoms with van der Waals surface area (Å²) in [6.45, 7) is 5.39. The lowest BCUT2D eigenvalue weighted by molar-refractivity contribution is -0.123. The van der Waals surface area contributed by atoms with Gasteiger partial charge in [0.25, 0.3) is 0 Å². The molecule has 2 unspecified atom stereocenters. The number of aliphatic hydroxyl groups is 1. The lowest BCUT2D eigenvalue weighted by Gasteiger charge is -2.20. The molecule has 0 aromatic heterocycles. The van der Waals surface area contributed by atoms with E-state index < -0.39 is 0 Å². The summed E-state index contributed by atoms with van der Waals surface area (Å²) in [6.07, 6.45) is 2.77. The number of amides is 1. The normalized spacial score (nSPS) is 28.6. The van der Waals surface area contributed by atoms with Crippen LogP contribution in [-0.4, -0.2) is 60.3 Å². The van der Waals surface area contributed by atoms with Crippen LogP contribution in [0.4, 0.5) is 0 Å². The number of carbonyl (C=O) groups is 1. The van der Waals surface area contributed by atoms with E-state index in [9.17, 15) is 9.90 Å². The van der Waals surface area contributed by atoms with Gasteiger partial charge in [0.1, 0.15) is 0 Å². The molecule has 98 valence electrons. The zero-order valence-electron chi connectivity index (χ0n) is 10.5. The van der Waals surface area contributed by atoms with Crippen molar-refractivity contribution in [3.05, 3.63) is 0 Å². The van der Waals surface area contributed by atoms with Crippen molar-refractivity contribution in [1.29, 1.82) is 0 Å². The largest absolute Gasteiger partial charge is 0.392 e. The second-order valence-electron chi connectivity index (χ2n) is 5.00. The lowest BCUT2D eigenvalue weighted by atomic mass is 10.2. The third-order valence-electron chi connectivity index (χ3n) is 3.59. The maximum Gasteiger partial charge on any atom is 0.237 e. The summed E-state index contributed by atoms with van der Waals surface area (Å²) in [5.41, 5.74) is 0. The average molecular weight is 241 g/mol. The van der Waals surface area contributed by atoms with Gasteiger partial charge in [0.2, 0.25) is 5.91 Å². The standard InChI is InChI=1S/C12H23N3O2/c1-2-15(9-3-4-9)6-5-13-12(17)11-7-10(16)8-14-11/h9-11,14,16H,2-8H2,1H3,(H,13,17). The van der Waals surface area contributed by atoms with E-state index in [0.717, 1.165) is 19.1 Å². The van der Waals surface area contributed by atoms with Gasteiger partial charge in [-0.05, 0) is 25.8 Å². The maximum absolute atomic E-state index is 11.7.